The fourth-order valence-electron chi connectivity index (χ4n) is 1.68. The van der Waals surface area contributed by atoms with Crippen molar-refractivity contribution in [3.05, 3.63) is 58.1 Å². The molecule has 0 bridgehead atoms. The second kappa shape index (κ2) is 6.27. The zero-order valence-corrected chi connectivity index (χ0v) is 13.3. The Labute approximate surface area is 132 Å². The second-order valence-electron chi connectivity index (χ2n) is 4.30. The van der Waals surface area contributed by atoms with E-state index in [2.05, 4.69) is 4.98 Å². The quantitative estimate of drug-likeness (QED) is 0.796. The molecule has 21 heavy (non-hydrogen) atoms. The summed E-state index contributed by atoms with van der Waals surface area (Å²) in [5.41, 5.74) is 0.275. The fraction of sp³-hybridized carbons (Fsp3) is 0.154. The molecule has 0 amide bonds. The van der Waals surface area contributed by atoms with Gasteiger partial charge in [0.05, 0.1) is 5.02 Å². The van der Waals surface area contributed by atoms with Gasteiger partial charge in [0.25, 0.3) is 0 Å². The van der Waals surface area contributed by atoms with Crippen LogP contribution in [0.2, 0.25) is 10.2 Å². The van der Waals surface area contributed by atoms with Crippen molar-refractivity contribution < 1.29 is 12.8 Å². The normalized spacial score (nSPS) is 11.9. The minimum Gasteiger partial charge on any atom is -0.242 e. The lowest BCUT2D eigenvalue weighted by molar-refractivity contribution is 0.456. The first-order chi connectivity index (χ1) is 9.82. The molecule has 0 fully saturated rings. The van der Waals surface area contributed by atoms with Gasteiger partial charge in [-0.1, -0.05) is 41.4 Å². The summed E-state index contributed by atoms with van der Waals surface area (Å²) in [5.74, 6) is -0.466. The maximum atomic E-state index is 13.6. The predicted octanol–water partition coefficient (Wildman–Crippen LogP) is 3.35. The molecule has 0 aliphatic heterocycles. The molecule has 2 rings (SSSR count). The van der Waals surface area contributed by atoms with Gasteiger partial charge in [0.15, 0.2) is 0 Å². The number of halogens is 3. The van der Waals surface area contributed by atoms with E-state index in [0.29, 0.717) is 0 Å². The van der Waals surface area contributed by atoms with E-state index in [-0.39, 0.29) is 27.2 Å². The highest BCUT2D eigenvalue weighted by Crippen LogP contribution is 2.24. The Bertz CT molecular complexity index is 769. The van der Waals surface area contributed by atoms with Crippen molar-refractivity contribution >= 4 is 33.2 Å². The lowest BCUT2D eigenvalue weighted by Crippen LogP contribution is -2.27. The topological polar surface area (TPSA) is 50.3 Å². The van der Waals surface area contributed by atoms with Crippen molar-refractivity contribution in [1.82, 2.24) is 9.29 Å². The molecule has 2 aromatic rings. The van der Waals surface area contributed by atoms with Crippen LogP contribution < -0.4 is 0 Å². The summed E-state index contributed by atoms with van der Waals surface area (Å²) in [5, 5.41) is 0.0596. The molecule has 0 N–H and O–H groups in total. The monoisotopic (exact) mass is 348 g/mol. The van der Waals surface area contributed by atoms with E-state index in [1.165, 1.54) is 31.3 Å². The van der Waals surface area contributed by atoms with Crippen LogP contribution in [0.1, 0.15) is 5.56 Å². The van der Waals surface area contributed by atoms with Gasteiger partial charge in [-0.05, 0) is 12.1 Å². The minimum atomic E-state index is -3.83. The highest BCUT2D eigenvalue weighted by Gasteiger charge is 2.23. The molecule has 0 aliphatic carbocycles. The van der Waals surface area contributed by atoms with E-state index in [4.69, 9.17) is 23.2 Å². The lowest BCUT2D eigenvalue weighted by atomic mass is 10.2. The standard InChI is InChI=1S/C13H11Cl2FN2O2S/c1-18(8-9-4-2-3-5-12(9)16)21(19,20)10-6-11(14)13(15)17-7-10/h2-7H,8H2,1H3. The highest BCUT2D eigenvalue weighted by atomic mass is 35.5. The molecule has 1 aromatic heterocycles. The van der Waals surface area contributed by atoms with Crippen LogP contribution in [0.5, 0.6) is 0 Å². The van der Waals surface area contributed by atoms with Crippen molar-refractivity contribution in [2.75, 3.05) is 7.05 Å². The van der Waals surface area contributed by atoms with Crippen LogP contribution in [0.4, 0.5) is 4.39 Å². The third kappa shape index (κ3) is 3.52. The minimum absolute atomic E-state index is 0.0207. The second-order valence-corrected chi connectivity index (χ2v) is 7.11. The molecule has 0 spiro atoms. The van der Waals surface area contributed by atoms with Gasteiger partial charge >= 0.3 is 0 Å². The zero-order chi connectivity index (χ0) is 15.6. The van der Waals surface area contributed by atoms with Gasteiger partial charge in [0, 0.05) is 25.4 Å². The molecule has 0 radical (unpaired) electrons. The summed E-state index contributed by atoms with van der Waals surface area (Å²) < 4.78 is 39.4. The maximum absolute atomic E-state index is 13.6. The summed E-state index contributed by atoms with van der Waals surface area (Å²) in [6, 6.07) is 7.19. The maximum Gasteiger partial charge on any atom is 0.244 e. The van der Waals surface area contributed by atoms with E-state index in [1.54, 1.807) is 6.07 Å². The molecule has 8 heteroatoms. The van der Waals surface area contributed by atoms with Crippen molar-refractivity contribution in [3.63, 3.8) is 0 Å². The summed E-state index contributed by atoms with van der Waals surface area (Å²) in [4.78, 5) is 3.60. The first-order valence-electron chi connectivity index (χ1n) is 5.83. The molecular formula is C13H11Cl2FN2O2S. The van der Waals surface area contributed by atoms with E-state index in [9.17, 15) is 12.8 Å². The smallest absolute Gasteiger partial charge is 0.242 e. The van der Waals surface area contributed by atoms with Crippen molar-refractivity contribution in [1.29, 1.82) is 0 Å². The number of hydrogen-bond acceptors (Lipinski definition) is 3. The molecule has 1 aromatic carbocycles. The Hall–Kier alpha value is -1.21. The van der Waals surface area contributed by atoms with Gasteiger partial charge in [-0.25, -0.2) is 17.8 Å². The first kappa shape index (κ1) is 16.2. The van der Waals surface area contributed by atoms with Gasteiger partial charge in [0.2, 0.25) is 10.0 Å². The van der Waals surface area contributed by atoms with Crippen LogP contribution in [-0.4, -0.2) is 24.8 Å². The Kier molecular flexibility index (Phi) is 4.83. The predicted molar refractivity (Wildman–Crippen MR) is 79.3 cm³/mol. The summed E-state index contributed by atoms with van der Waals surface area (Å²) >= 11 is 11.4. The molecule has 112 valence electrons. The van der Waals surface area contributed by atoms with Crippen LogP contribution in [0, 0.1) is 5.82 Å². The number of pyridine rings is 1. The van der Waals surface area contributed by atoms with E-state index in [1.807, 2.05) is 0 Å². The number of benzene rings is 1. The summed E-state index contributed by atoms with van der Waals surface area (Å²) in [6.07, 6.45) is 1.11. The highest BCUT2D eigenvalue weighted by molar-refractivity contribution is 7.89. The van der Waals surface area contributed by atoms with Crippen LogP contribution in [0.25, 0.3) is 0 Å². The van der Waals surface area contributed by atoms with Gasteiger partial charge in [-0.3, -0.25) is 0 Å². The molecule has 0 aliphatic rings. The molecule has 4 nitrogen and oxygen atoms in total. The average Bonchev–Trinajstić information content (AvgIpc) is 2.44. The zero-order valence-electron chi connectivity index (χ0n) is 10.9. The fourth-order valence-corrected chi connectivity index (χ4v) is 3.13. The molecule has 0 saturated heterocycles. The molecule has 0 saturated carbocycles. The Balaban J connectivity index is 2.30. The third-order valence-corrected chi connectivity index (χ3v) is 5.28. The van der Waals surface area contributed by atoms with Crippen LogP contribution in [0.3, 0.4) is 0 Å². The number of rotatable bonds is 4. The van der Waals surface area contributed by atoms with Crippen molar-refractivity contribution in [2.24, 2.45) is 0 Å². The van der Waals surface area contributed by atoms with Gasteiger partial charge in [-0.2, -0.15) is 4.31 Å². The largest absolute Gasteiger partial charge is 0.244 e. The lowest BCUT2D eigenvalue weighted by Gasteiger charge is -2.17. The molecule has 0 unspecified atom stereocenters. The summed E-state index contributed by atoms with van der Waals surface area (Å²) in [7, 11) is -2.48. The average molecular weight is 349 g/mol. The van der Waals surface area contributed by atoms with Gasteiger partial charge in [0.1, 0.15) is 15.9 Å². The summed E-state index contributed by atoms with van der Waals surface area (Å²) in [6.45, 7) is -0.102. The number of sulfonamides is 1. The number of hydrogen-bond donors (Lipinski definition) is 0. The molecular weight excluding hydrogens is 338 g/mol. The van der Waals surface area contributed by atoms with E-state index >= 15 is 0 Å². The van der Waals surface area contributed by atoms with Crippen molar-refractivity contribution in [3.8, 4) is 0 Å². The van der Waals surface area contributed by atoms with E-state index < -0.39 is 15.8 Å². The van der Waals surface area contributed by atoms with Crippen LogP contribution in [-0.2, 0) is 16.6 Å². The van der Waals surface area contributed by atoms with Gasteiger partial charge in [-0.15, -0.1) is 0 Å². The van der Waals surface area contributed by atoms with E-state index in [0.717, 1.165) is 10.5 Å². The molecule has 1 heterocycles. The Morgan fingerprint density at radius 3 is 2.57 bits per heavy atom. The van der Waals surface area contributed by atoms with Gasteiger partial charge < -0.3 is 0 Å². The number of aromatic nitrogens is 1. The first-order valence-corrected chi connectivity index (χ1v) is 8.03. The Morgan fingerprint density at radius 1 is 1.29 bits per heavy atom. The SMILES string of the molecule is CN(Cc1ccccc1F)S(=O)(=O)c1cnc(Cl)c(Cl)c1. The number of nitrogens with zero attached hydrogens (tertiary/aromatic N) is 2. The Morgan fingerprint density at radius 2 is 1.95 bits per heavy atom. The van der Waals surface area contributed by atoms with Crippen LogP contribution in [0.15, 0.2) is 41.4 Å². The van der Waals surface area contributed by atoms with Crippen LogP contribution >= 0.6 is 23.2 Å². The third-order valence-electron chi connectivity index (χ3n) is 2.83. The molecule has 0 atom stereocenters. The van der Waals surface area contributed by atoms with Crippen molar-refractivity contribution in [2.45, 2.75) is 11.4 Å².